The molecule has 23 heavy (non-hydrogen) atoms. The fourth-order valence-corrected chi connectivity index (χ4v) is 2.21. The van der Waals surface area contributed by atoms with Gasteiger partial charge >= 0.3 is 0 Å². The van der Waals surface area contributed by atoms with Crippen LogP contribution in [0.4, 0.5) is 5.82 Å². The van der Waals surface area contributed by atoms with E-state index in [1.54, 1.807) is 19.1 Å². The second kappa shape index (κ2) is 6.12. The Morgan fingerprint density at radius 3 is 2.91 bits per heavy atom. The summed E-state index contributed by atoms with van der Waals surface area (Å²) in [5.74, 6) is 0.505. The monoisotopic (exact) mass is 303 g/mol. The Kier molecular flexibility index (Phi) is 3.85. The van der Waals surface area contributed by atoms with E-state index in [0.29, 0.717) is 11.6 Å². The third-order valence-corrected chi connectivity index (χ3v) is 3.25. The number of nitrogens with zero attached hydrogens (tertiary/aromatic N) is 4. The minimum Gasteiger partial charge on any atom is -0.306 e. The maximum Gasteiger partial charge on any atom is 0.249 e. The van der Waals surface area contributed by atoms with Gasteiger partial charge in [-0.15, -0.1) is 0 Å². The van der Waals surface area contributed by atoms with Crippen molar-refractivity contribution < 1.29 is 4.79 Å². The molecule has 0 bridgehead atoms. The first-order chi connectivity index (χ1) is 11.2. The van der Waals surface area contributed by atoms with E-state index in [0.717, 1.165) is 10.9 Å². The Balaban J connectivity index is 2.09. The largest absolute Gasteiger partial charge is 0.306 e. The van der Waals surface area contributed by atoms with Gasteiger partial charge in [-0.2, -0.15) is 15.0 Å². The van der Waals surface area contributed by atoms with Crippen molar-refractivity contribution >= 4 is 22.6 Å². The molecule has 0 aliphatic carbocycles. The number of hydrogen-bond acceptors (Lipinski definition) is 4. The van der Waals surface area contributed by atoms with E-state index >= 15 is 0 Å². The standard InChI is InChI=1S/C17H13N5O/c1-2-5-16(23)21-17-13(10-18)11-19-22(17)15-9-8-12-6-3-4-7-14(12)20-15/h2-9,11H,1H3,(H,21,23)/b5-2+. The Bertz CT molecular complexity index is 949. The zero-order valence-corrected chi connectivity index (χ0v) is 12.4. The van der Waals surface area contributed by atoms with Crippen molar-refractivity contribution in [3.63, 3.8) is 0 Å². The Morgan fingerprint density at radius 1 is 1.30 bits per heavy atom. The number of allylic oxidation sites excluding steroid dienone is 1. The number of benzene rings is 1. The van der Waals surface area contributed by atoms with Gasteiger partial charge in [-0.25, -0.2) is 4.98 Å². The summed E-state index contributed by atoms with van der Waals surface area (Å²) in [5.41, 5.74) is 1.09. The van der Waals surface area contributed by atoms with E-state index in [1.165, 1.54) is 17.0 Å². The molecule has 6 heteroatoms. The van der Waals surface area contributed by atoms with Crippen LogP contribution in [-0.2, 0) is 4.79 Å². The van der Waals surface area contributed by atoms with Crippen LogP contribution in [0.1, 0.15) is 12.5 Å². The molecule has 6 nitrogen and oxygen atoms in total. The minimum absolute atomic E-state index is 0.276. The Labute approximate surface area is 132 Å². The van der Waals surface area contributed by atoms with Crippen molar-refractivity contribution in [2.45, 2.75) is 6.92 Å². The van der Waals surface area contributed by atoms with E-state index in [9.17, 15) is 10.1 Å². The molecule has 1 N–H and O–H groups in total. The lowest BCUT2D eigenvalue weighted by Gasteiger charge is -2.08. The van der Waals surface area contributed by atoms with Crippen LogP contribution in [0.15, 0.2) is 54.7 Å². The number of nitriles is 1. The van der Waals surface area contributed by atoms with Crippen LogP contribution in [-0.4, -0.2) is 20.7 Å². The second-order valence-corrected chi connectivity index (χ2v) is 4.78. The van der Waals surface area contributed by atoms with E-state index in [1.807, 2.05) is 36.4 Å². The zero-order chi connectivity index (χ0) is 16.2. The van der Waals surface area contributed by atoms with Crippen LogP contribution >= 0.6 is 0 Å². The first-order valence-electron chi connectivity index (χ1n) is 7.01. The van der Waals surface area contributed by atoms with Gasteiger partial charge < -0.3 is 5.32 Å². The van der Waals surface area contributed by atoms with Gasteiger partial charge in [0, 0.05) is 5.39 Å². The smallest absolute Gasteiger partial charge is 0.249 e. The number of rotatable bonds is 3. The summed E-state index contributed by atoms with van der Waals surface area (Å²) >= 11 is 0. The summed E-state index contributed by atoms with van der Waals surface area (Å²) in [6.45, 7) is 1.74. The SMILES string of the molecule is C/C=C/C(=O)Nc1c(C#N)cnn1-c1ccc2ccccc2n1. The molecule has 3 rings (SSSR count). The number of nitrogens with one attached hydrogen (secondary N) is 1. The Hall–Kier alpha value is -3.46. The molecule has 1 amide bonds. The van der Waals surface area contributed by atoms with Gasteiger partial charge in [0.05, 0.1) is 11.7 Å². The third-order valence-electron chi connectivity index (χ3n) is 3.25. The molecule has 0 unspecified atom stereocenters. The normalized spacial score (nSPS) is 10.8. The second-order valence-electron chi connectivity index (χ2n) is 4.78. The molecule has 0 spiro atoms. The number of carbonyl (C=O) groups is 1. The van der Waals surface area contributed by atoms with Crippen molar-refractivity contribution in [1.82, 2.24) is 14.8 Å². The zero-order valence-electron chi connectivity index (χ0n) is 12.4. The molecule has 112 valence electrons. The summed E-state index contributed by atoms with van der Waals surface area (Å²) < 4.78 is 1.45. The third kappa shape index (κ3) is 2.80. The number of para-hydroxylation sites is 1. The molecule has 0 fully saturated rings. The van der Waals surface area contributed by atoms with Crippen LogP contribution in [0.5, 0.6) is 0 Å². The summed E-state index contributed by atoms with van der Waals surface area (Å²) in [7, 11) is 0. The minimum atomic E-state index is -0.327. The van der Waals surface area contributed by atoms with E-state index < -0.39 is 0 Å². The fourth-order valence-electron chi connectivity index (χ4n) is 2.21. The van der Waals surface area contributed by atoms with Crippen molar-refractivity contribution in [1.29, 1.82) is 5.26 Å². The maximum absolute atomic E-state index is 11.8. The van der Waals surface area contributed by atoms with Crippen molar-refractivity contribution in [3.05, 3.63) is 60.3 Å². The molecular weight excluding hydrogens is 290 g/mol. The van der Waals surface area contributed by atoms with Gasteiger partial charge in [-0.1, -0.05) is 24.3 Å². The number of pyridine rings is 1. The van der Waals surface area contributed by atoms with Crippen LogP contribution in [0.3, 0.4) is 0 Å². The molecule has 0 saturated carbocycles. The average Bonchev–Trinajstić information content (AvgIpc) is 2.97. The highest BCUT2D eigenvalue weighted by Gasteiger charge is 2.15. The molecule has 0 radical (unpaired) electrons. The molecular formula is C17H13N5O. The van der Waals surface area contributed by atoms with Crippen molar-refractivity contribution in [2.75, 3.05) is 5.32 Å². The first kappa shape index (κ1) is 14.5. The molecule has 0 aliphatic rings. The lowest BCUT2D eigenvalue weighted by Crippen LogP contribution is -2.14. The number of carbonyl (C=O) groups excluding carboxylic acids is 1. The number of amides is 1. The molecule has 3 aromatic rings. The topological polar surface area (TPSA) is 83.6 Å². The maximum atomic E-state index is 11.8. The number of aromatic nitrogens is 3. The lowest BCUT2D eigenvalue weighted by atomic mass is 10.2. The van der Waals surface area contributed by atoms with Gasteiger partial charge in [0.2, 0.25) is 5.91 Å². The Morgan fingerprint density at radius 2 is 2.13 bits per heavy atom. The van der Waals surface area contributed by atoms with Crippen molar-refractivity contribution in [3.8, 4) is 11.9 Å². The van der Waals surface area contributed by atoms with Crippen LogP contribution in [0, 0.1) is 11.3 Å². The highest BCUT2D eigenvalue weighted by Crippen LogP contribution is 2.20. The van der Waals surface area contributed by atoms with Gasteiger partial charge in [0.15, 0.2) is 11.6 Å². The molecule has 0 atom stereocenters. The van der Waals surface area contributed by atoms with Crippen LogP contribution in [0.25, 0.3) is 16.7 Å². The number of hydrogen-bond donors (Lipinski definition) is 1. The predicted octanol–water partition coefficient (Wildman–Crippen LogP) is 2.81. The number of anilines is 1. The first-order valence-corrected chi connectivity index (χ1v) is 7.01. The summed E-state index contributed by atoms with van der Waals surface area (Å²) in [6, 6.07) is 13.4. The van der Waals surface area contributed by atoms with Crippen molar-refractivity contribution in [2.24, 2.45) is 0 Å². The lowest BCUT2D eigenvalue weighted by molar-refractivity contribution is -0.111. The molecule has 0 aliphatic heterocycles. The molecule has 0 saturated heterocycles. The summed E-state index contributed by atoms with van der Waals surface area (Å²) in [6.07, 6.45) is 4.41. The van der Waals surface area contributed by atoms with Gasteiger partial charge in [0.25, 0.3) is 0 Å². The van der Waals surface area contributed by atoms with E-state index in [-0.39, 0.29) is 11.5 Å². The highest BCUT2D eigenvalue weighted by molar-refractivity contribution is 5.99. The van der Waals surface area contributed by atoms with Gasteiger partial charge in [-0.3, -0.25) is 4.79 Å². The summed E-state index contributed by atoms with van der Waals surface area (Å²) in [5, 5.41) is 17.0. The van der Waals surface area contributed by atoms with Gasteiger partial charge in [0.1, 0.15) is 11.6 Å². The van der Waals surface area contributed by atoms with E-state index in [2.05, 4.69) is 15.4 Å². The highest BCUT2D eigenvalue weighted by atomic mass is 16.1. The fraction of sp³-hybridized carbons (Fsp3) is 0.0588. The van der Waals surface area contributed by atoms with Crippen LogP contribution < -0.4 is 5.32 Å². The summed E-state index contributed by atoms with van der Waals surface area (Å²) in [4.78, 5) is 16.3. The molecule has 1 aromatic carbocycles. The predicted molar refractivity (Wildman–Crippen MR) is 87.0 cm³/mol. The molecule has 2 heterocycles. The number of fused-ring (bicyclic) bond motifs is 1. The van der Waals surface area contributed by atoms with Gasteiger partial charge in [-0.05, 0) is 31.2 Å². The van der Waals surface area contributed by atoms with E-state index in [4.69, 9.17) is 0 Å². The average molecular weight is 303 g/mol. The quantitative estimate of drug-likeness (QED) is 0.754. The van der Waals surface area contributed by atoms with Crippen LogP contribution in [0.2, 0.25) is 0 Å². The molecule has 2 aromatic heterocycles.